The van der Waals surface area contributed by atoms with Crippen molar-refractivity contribution in [3.05, 3.63) is 38.7 Å². The van der Waals surface area contributed by atoms with Crippen molar-refractivity contribution in [1.82, 2.24) is 4.98 Å². The maximum atomic E-state index is 13.7. The van der Waals surface area contributed by atoms with Crippen LogP contribution in [0.4, 0.5) is 10.1 Å². The molecule has 0 spiro atoms. The van der Waals surface area contributed by atoms with Crippen LogP contribution in [0.2, 0.25) is 0 Å². The zero-order chi connectivity index (χ0) is 11.9. The predicted octanol–water partition coefficient (Wildman–Crippen LogP) is 2.75. The number of halogens is 2. The molecule has 7 heteroatoms. The number of phenolic OH excluding ortho intramolecular Hbond substituents is 1. The quantitative estimate of drug-likeness (QED) is 0.646. The number of nitro groups is 1. The average Bonchev–Trinajstić information content (AvgIpc) is 2.26. The molecule has 0 radical (unpaired) electrons. The smallest absolute Gasteiger partial charge is 0.330 e. The van der Waals surface area contributed by atoms with Gasteiger partial charge in [-0.25, -0.2) is 4.39 Å². The summed E-state index contributed by atoms with van der Waals surface area (Å²) in [5.41, 5.74) is -0.849. The minimum absolute atomic E-state index is 0.0254. The molecule has 0 aliphatic heterocycles. The number of hydrogen-bond acceptors (Lipinski definition) is 4. The Morgan fingerprint density at radius 3 is 2.88 bits per heavy atom. The van der Waals surface area contributed by atoms with E-state index in [1.807, 2.05) is 0 Å². The van der Waals surface area contributed by atoms with Gasteiger partial charge < -0.3 is 5.11 Å². The first-order chi connectivity index (χ1) is 7.54. The van der Waals surface area contributed by atoms with Crippen molar-refractivity contribution < 1.29 is 14.4 Å². The third kappa shape index (κ3) is 1.40. The summed E-state index contributed by atoms with van der Waals surface area (Å²) in [5.74, 6) is -1.46. The Hall–Kier alpha value is -1.76. The number of fused-ring (bicyclic) bond motifs is 1. The third-order valence-corrected chi connectivity index (χ3v) is 2.80. The highest BCUT2D eigenvalue weighted by atomic mass is 79.9. The van der Waals surface area contributed by atoms with E-state index >= 15 is 0 Å². The van der Waals surface area contributed by atoms with Gasteiger partial charge in [-0.15, -0.1) is 0 Å². The van der Waals surface area contributed by atoms with Gasteiger partial charge in [-0.2, -0.15) is 0 Å². The topological polar surface area (TPSA) is 76.3 Å². The summed E-state index contributed by atoms with van der Waals surface area (Å²) in [6, 6.07) is 2.86. The van der Waals surface area contributed by atoms with E-state index in [1.54, 1.807) is 0 Å². The monoisotopic (exact) mass is 286 g/mol. The predicted molar refractivity (Wildman–Crippen MR) is 57.7 cm³/mol. The van der Waals surface area contributed by atoms with Crippen molar-refractivity contribution in [2.75, 3.05) is 0 Å². The molecule has 5 nitrogen and oxygen atoms in total. The fraction of sp³-hybridized carbons (Fsp3) is 0. The second-order valence-electron chi connectivity index (χ2n) is 2.98. The Kier molecular flexibility index (Phi) is 2.47. The molecule has 0 fully saturated rings. The van der Waals surface area contributed by atoms with E-state index in [1.165, 1.54) is 18.3 Å². The standard InChI is InChI=1S/C9H4BrFN2O3/c10-5-6(11)4-2-1-3-12-7(4)9(14)8(5)13(15)16/h1-3,14H. The van der Waals surface area contributed by atoms with Crippen LogP contribution < -0.4 is 0 Å². The number of benzene rings is 1. The Morgan fingerprint density at radius 1 is 1.56 bits per heavy atom. The molecule has 16 heavy (non-hydrogen) atoms. The fourth-order valence-corrected chi connectivity index (χ4v) is 1.92. The molecule has 1 N–H and O–H groups in total. The minimum Gasteiger partial charge on any atom is -0.501 e. The molecule has 0 saturated carbocycles. The van der Waals surface area contributed by atoms with Gasteiger partial charge in [-0.05, 0) is 28.1 Å². The Labute approximate surface area is 96.8 Å². The highest BCUT2D eigenvalue weighted by Gasteiger charge is 2.26. The summed E-state index contributed by atoms with van der Waals surface area (Å²) in [6.45, 7) is 0. The molecule has 0 aliphatic rings. The number of phenols is 1. The largest absolute Gasteiger partial charge is 0.501 e. The van der Waals surface area contributed by atoms with Crippen molar-refractivity contribution in [2.45, 2.75) is 0 Å². The van der Waals surface area contributed by atoms with Crippen LogP contribution in [0.25, 0.3) is 10.9 Å². The minimum atomic E-state index is -0.864. The van der Waals surface area contributed by atoms with Crippen molar-refractivity contribution in [3.8, 4) is 5.75 Å². The van der Waals surface area contributed by atoms with Crippen LogP contribution in [0.1, 0.15) is 0 Å². The lowest BCUT2D eigenvalue weighted by atomic mass is 10.1. The van der Waals surface area contributed by atoms with Gasteiger partial charge in [0.05, 0.1) is 4.92 Å². The highest BCUT2D eigenvalue weighted by Crippen LogP contribution is 2.41. The van der Waals surface area contributed by atoms with E-state index in [0.29, 0.717) is 0 Å². The molecule has 82 valence electrons. The molecule has 2 aromatic rings. The van der Waals surface area contributed by atoms with Gasteiger partial charge >= 0.3 is 5.69 Å². The van der Waals surface area contributed by atoms with Gasteiger partial charge in [0.15, 0.2) is 5.82 Å². The summed E-state index contributed by atoms with van der Waals surface area (Å²) < 4.78 is 13.3. The van der Waals surface area contributed by atoms with Crippen LogP contribution >= 0.6 is 15.9 Å². The van der Waals surface area contributed by atoms with E-state index in [4.69, 9.17) is 0 Å². The highest BCUT2D eigenvalue weighted by molar-refractivity contribution is 9.10. The molecule has 1 aromatic heterocycles. The van der Waals surface area contributed by atoms with E-state index in [9.17, 15) is 19.6 Å². The van der Waals surface area contributed by atoms with Crippen molar-refractivity contribution in [3.63, 3.8) is 0 Å². The molecule has 1 heterocycles. The second-order valence-corrected chi connectivity index (χ2v) is 3.77. The maximum Gasteiger partial charge on any atom is 0.330 e. The van der Waals surface area contributed by atoms with Gasteiger partial charge in [0.25, 0.3) is 0 Å². The van der Waals surface area contributed by atoms with Crippen LogP contribution in [-0.2, 0) is 0 Å². The Balaban J connectivity index is 3.00. The first-order valence-corrected chi connectivity index (χ1v) is 4.92. The van der Waals surface area contributed by atoms with Crippen molar-refractivity contribution in [1.29, 1.82) is 0 Å². The molecule has 0 aliphatic carbocycles. The van der Waals surface area contributed by atoms with E-state index < -0.39 is 22.2 Å². The van der Waals surface area contributed by atoms with Gasteiger partial charge in [0, 0.05) is 11.6 Å². The summed E-state index contributed by atoms with van der Waals surface area (Å²) in [5, 5.41) is 20.3. The van der Waals surface area contributed by atoms with Crippen LogP contribution in [0.3, 0.4) is 0 Å². The average molecular weight is 287 g/mol. The first kappa shape index (κ1) is 10.7. The van der Waals surface area contributed by atoms with Crippen molar-refractivity contribution >= 4 is 32.5 Å². The van der Waals surface area contributed by atoms with Gasteiger partial charge in [-0.3, -0.25) is 15.1 Å². The number of hydrogen-bond donors (Lipinski definition) is 1. The van der Waals surface area contributed by atoms with Crippen LogP contribution in [0.5, 0.6) is 5.75 Å². The van der Waals surface area contributed by atoms with E-state index in [-0.39, 0.29) is 15.4 Å². The summed E-state index contributed by atoms with van der Waals surface area (Å²) in [6.07, 6.45) is 1.32. The Morgan fingerprint density at radius 2 is 2.25 bits per heavy atom. The molecule has 2 rings (SSSR count). The van der Waals surface area contributed by atoms with Crippen LogP contribution in [-0.4, -0.2) is 15.0 Å². The molecular formula is C9H4BrFN2O3. The zero-order valence-corrected chi connectivity index (χ0v) is 9.23. The number of aromatic hydroxyl groups is 1. The summed E-state index contributed by atoms with van der Waals surface area (Å²) >= 11 is 2.75. The SMILES string of the molecule is O=[N+]([O-])c1c(Br)c(F)c2cccnc2c1O. The zero-order valence-electron chi connectivity index (χ0n) is 7.65. The lowest BCUT2D eigenvalue weighted by molar-refractivity contribution is -0.386. The number of pyridine rings is 1. The van der Waals surface area contributed by atoms with Crippen LogP contribution in [0, 0.1) is 15.9 Å². The van der Waals surface area contributed by atoms with E-state index in [2.05, 4.69) is 20.9 Å². The molecule has 0 unspecified atom stereocenters. The summed E-state index contributed by atoms with van der Waals surface area (Å²) in [7, 11) is 0. The van der Waals surface area contributed by atoms with Gasteiger partial charge in [0.2, 0.25) is 5.75 Å². The van der Waals surface area contributed by atoms with E-state index in [0.717, 1.165) is 0 Å². The van der Waals surface area contributed by atoms with Crippen molar-refractivity contribution in [2.24, 2.45) is 0 Å². The second kappa shape index (κ2) is 3.67. The fourth-order valence-electron chi connectivity index (χ4n) is 1.38. The number of nitrogens with zero attached hydrogens (tertiary/aromatic N) is 2. The van der Waals surface area contributed by atoms with Gasteiger partial charge in [0.1, 0.15) is 9.99 Å². The molecule has 0 saturated heterocycles. The molecule has 0 amide bonds. The molecule has 1 aromatic carbocycles. The third-order valence-electron chi connectivity index (χ3n) is 2.08. The Bertz CT molecular complexity index is 603. The number of nitro benzene ring substituents is 1. The molecule has 0 atom stereocenters. The van der Waals surface area contributed by atoms with Gasteiger partial charge in [-0.1, -0.05) is 0 Å². The normalized spacial score (nSPS) is 10.6. The van der Waals surface area contributed by atoms with Crippen LogP contribution in [0.15, 0.2) is 22.8 Å². The molecular weight excluding hydrogens is 283 g/mol. The maximum absolute atomic E-state index is 13.7. The number of rotatable bonds is 1. The lowest BCUT2D eigenvalue weighted by Crippen LogP contribution is -1.95. The molecule has 0 bridgehead atoms. The number of aromatic nitrogens is 1. The first-order valence-electron chi connectivity index (χ1n) is 4.13. The lowest BCUT2D eigenvalue weighted by Gasteiger charge is -2.04. The summed E-state index contributed by atoms with van der Waals surface area (Å²) in [4.78, 5) is 13.5.